The van der Waals surface area contributed by atoms with Gasteiger partial charge in [-0.05, 0) is 157 Å². The lowest BCUT2D eigenvalue weighted by atomic mass is 9.97. The molecule has 26 heteroatoms. The molecule has 2 saturated carbocycles. The van der Waals surface area contributed by atoms with Gasteiger partial charge in [0.25, 0.3) is 0 Å². The minimum atomic E-state index is -0.668. The highest BCUT2D eigenvalue weighted by atomic mass is 35.5. The number of rotatable bonds is 10. The van der Waals surface area contributed by atoms with E-state index >= 15 is 4.39 Å². The Kier molecular flexibility index (Phi) is 13.7. The van der Waals surface area contributed by atoms with Crippen molar-refractivity contribution in [2.45, 2.75) is 113 Å². The molecule has 21 nitrogen and oxygen atoms in total. The van der Waals surface area contributed by atoms with Gasteiger partial charge in [-0.15, -0.1) is 0 Å². The quantitative estimate of drug-likeness (QED) is 0.0793. The van der Waals surface area contributed by atoms with Crippen molar-refractivity contribution in [3.63, 3.8) is 0 Å². The summed E-state index contributed by atoms with van der Waals surface area (Å²) in [6, 6.07) is 6.52. The fourth-order valence-electron chi connectivity index (χ4n) is 10.1. The number of aromatic nitrogens is 12. The molecule has 4 aromatic heterocycles. The van der Waals surface area contributed by atoms with Gasteiger partial charge in [-0.2, -0.15) is 28.7 Å². The molecule has 4 atom stereocenters. The van der Waals surface area contributed by atoms with Crippen molar-refractivity contribution in [3.8, 4) is 11.4 Å². The van der Waals surface area contributed by atoms with Gasteiger partial charge < -0.3 is 31.5 Å². The summed E-state index contributed by atoms with van der Waals surface area (Å²) in [4.78, 5) is 56.8. The summed E-state index contributed by atoms with van der Waals surface area (Å²) < 4.78 is 61.2. The van der Waals surface area contributed by atoms with Gasteiger partial charge in [-0.25, -0.2) is 37.1 Å². The highest BCUT2D eigenvalue weighted by Crippen LogP contribution is 2.45. The molecular formula is C46H53ClF4N18O3. The first kappa shape index (κ1) is 48.6. The first-order chi connectivity index (χ1) is 34.7. The molecule has 8 heterocycles. The first-order valence-corrected chi connectivity index (χ1v) is 24.5. The predicted molar refractivity (Wildman–Crippen MR) is 256 cm³/mol. The topological polar surface area (TPSA) is 243 Å². The summed E-state index contributed by atoms with van der Waals surface area (Å²) in [7, 11) is 2.99. The molecule has 4 aliphatic heterocycles. The number of hydrogen-bond donors (Lipinski definition) is 4. The number of nitrogens with zero attached hydrogens (tertiary/aromatic N) is 14. The number of nitrogens with two attached hydrogens (primary N) is 1. The fraction of sp³-hybridized carbons (Fsp3) is 0.500. The second kappa shape index (κ2) is 20.2. The van der Waals surface area contributed by atoms with E-state index in [0.717, 1.165) is 101 Å². The molecule has 4 unspecified atom stereocenters. The van der Waals surface area contributed by atoms with Crippen molar-refractivity contribution in [1.82, 2.24) is 69.3 Å². The Morgan fingerprint density at radius 3 is 1.88 bits per heavy atom. The number of carbonyl (C=O) groups excluding carboxylic acids is 1. The van der Waals surface area contributed by atoms with Gasteiger partial charge >= 0.3 is 11.4 Å². The van der Waals surface area contributed by atoms with Crippen LogP contribution in [0.3, 0.4) is 0 Å². The zero-order valence-electron chi connectivity index (χ0n) is 39.5. The summed E-state index contributed by atoms with van der Waals surface area (Å²) in [6.07, 6.45) is 13.4. The van der Waals surface area contributed by atoms with Crippen molar-refractivity contribution >= 4 is 46.5 Å². The Labute approximate surface area is 414 Å². The standard InChI is InChI=1S/C23H25F2N9O2.C12H16ClFN4.C11H12FN5O/c1-32-23(36)34(31-30-32)19-10-18(16(24)9-15(19)12-4-5-12)28-22-26-11-17(25)21(29-22)27-13-7-14-3-2-6-33(14)20(35)8-13;13-12-15-7-10(14)11(17-12)16-8-3-5-18-4-1-2-9(18)6-8;1-16-11(18)17(15-14-16)10-5-9(13)8(12)4-7(10)6-2-3-6/h9-14H,2-8H2,1H3,(H2,26,27,28,29);7-9H,1-6H2,(H,15,16,17);4-6H,2-3,13H2,1H3. The van der Waals surface area contributed by atoms with Gasteiger partial charge in [0.1, 0.15) is 11.6 Å². The van der Waals surface area contributed by atoms with Gasteiger partial charge in [-0.3, -0.25) is 4.79 Å². The van der Waals surface area contributed by atoms with Crippen LogP contribution in [-0.2, 0) is 18.9 Å². The molecule has 1 amide bonds. The van der Waals surface area contributed by atoms with Crippen molar-refractivity contribution in [3.05, 3.63) is 97.3 Å². The lowest BCUT2D eigenvalue weighted by Crippen LogP contribution is -2.46. The second-order valence-corrected chi connectivity index (χ2v) is 19.5. The van der Waals surface area contributed by atoms with E-state index in [9.17, 15) is 27.6 Å². The molecule has 6 aliphatic rings. The molecule has 6 aromatic rings. The Balaban J connectivity index is 0.000000138. The van der Waals surface area contributed by atoms with Gasteiger partial charge in [-0.1, -0.05) is 0 Å². The highest BCUT2D eigenvalue weighted by molar-refractivity contribution is 6.28. The minimum Gasteiger partial charge on any atom is -0.396 e. The van der Waals surface area contributed by atoms with Crippen LogP contribution in [0.15, 0.2) is 46.2 Å². The molecule has 6 fully saturated rings. The number of benzene rings is 2. The highest BCUT2D eigenvalue weighted by Gasteiger charge is 2.38. The number of hydrogen-bond acceptors (Lipinski definition) is 16. The van der Waals surface area contributed by atoms with Gasteiger partial charge in [0.05, 0.1) is 35.1 Å². The van der Waals surface area contributed by atoms with Crippen LogP contribution >= 0.6 is 11.6 Å². The van der Waals surface area contributed by atoms with E-state index in [2.05, 4.69) is 61.6 Å². The van der Waals surface area contributed by atoms with E-state index in [1.807, 2.05) is 4.90 Å². The molecule has 0 spiro atoms. The monoisotopic (exact) mass is 1020 g/mol. The summed E-state index contributed by atoms with van der Waals surface area (Å²) in [5.41, 5.74) is 7.13. The molecule has 2 aliphatic carbocycles. The maximum absolute atomic E-state index is 15.1. The second-order valence-electron chi connectivity index (χ2n) is 19.2. The summed E-state index contributed by atoms with van der Waals surface area (Å²) >= 11 is 5.69. The number of piperidine rings is 2. The van der Waals surface area contributed by atoms with E-state index in [0.29, 0.717) is 29.4 Å². The molecule has 380 valence electrons. The molecule has 5 N–H and O–H groups in total. The molecule has 12 rings (SSSR count). The lowest BCUT2D eigenvalue weighted by Gasteiger charge is -2.35. The van der Waals surface area contributed by atoms with Crippen LogP contribution in [0.25, 0.3) is 11.4 Å². The van der Waals surface area contributed by atoms with Crippen molar-refractivity contribution in [2.75, 3.05) is 41.3 Å². The third-order valence-corrected chi connectivity index (χ3v) is 14.3. The molecule has 72 heavy (non-hydrogen) atoms. The predicted octanol–water partition coefficient (Wildman–Crippen LogP) is 5.09. The Bertz CT molecular complexity index is 3120. The SMILES string of the molecule is Cn1nnn(-c2cc(N)c(F)cc2C2CC2)c1=O.Cn1nnn(-c2cc(Nc3ncc(F)c(NC4CC(=O)N5CCCC5C4)n3)c(F)cc2C2CC2)c1=O.Fc1cnc(Cl)nc1NC1CCN2CCCC2C1. The van der Waals surface area contributed by atoms with E-state index in [4.69, 9.17) is 17.3 Å². The molecule has 4 saturated heterocycles. The van der Waals surface area contributed by atoms with Crippen LogP contribution in [0.5, 0.6) is 0 Å². The van der Waals surface area contributed by atoms with E-state index in [1.54, 1.807) is 0 Å². The number of nitrogen functional groups attached to an aromatic ring is 1. The average Bonchev–Trinajstić information content (AvgIpc) is 4.23. The number of amides is 1. The van der Waals surface area contributed by atoms with Gasteiger partial charge in [0, 0.05) is 57.8 Å². The zero-order valence-corrected chi connectivity index (χ0v) is 40.2. The Morgan fingerprint density at radius 2 is 1.22 bits per heavy atom. The van der Waals surface area contributed by atoms with Crippen molar-refractivity contribution in [1.29, 1.82) is 0 Å². The van der Waals surface area contributed by atoms with Gasteiger partial charge in [0.15, 0.2) is 23.3 Å². The van der Waals surface area contributed by atoms with Crippen LogP contribution in [0, 0.1) is 23.3 Å². The van der Waals surface area contributed by atoms with E-state index < -0.39 is 29.0 Å². The van der Waals surface area contributed by atoms with Crippen molar-refractivity contribution in [2.24, 2.45) is 14.1 Å². The summed E-state index contributed by atoms with van der Waals surface area (Å²) in [5.74, 6) is -1.50. The Hall–Kier alpha value is -7.02. The van der Waals surface area contributed by atoms with E-state index in [-0.39, 0.29) is 82.2 Å². The minimum absolute atomic E-state index is 0.00644. The fourth-order valence-corrected chi connectivity index (χ4v) is 10.2. The maximum Gasteiger partial charge on any atom is 0.368 e. The number of anilines is 5. The normalized spacial score (nSPS) is 21.5. The third-order valence-electron chi connectivity index (χ3n) is 14.1. The molecule has 0 radical (unpaired) electrons. The lowest BCUT2D eigenvalue weighted by molar-refractivity contribution is -0.134. The first-order valence-electron chi connectivity index (χ1n) is 24.1. The van der Waals surface area contributed by atoms with Crippen LogP contribution in [0.2, 0.25) is 5.28 Å². The smallest absolute Gasteiger partial charge is 0.368 e. The van der Waals surface area contributed by atoms with Crippen LogP contribution < -0.4 is 33.1 Å². The number of nitrogens with one attached hydrogen (secondary N) is 3. The van der Waals surface area contributed by atoms with Crippen LogP contribution in [0.4, 0.5) is 46.5 Å². The van der Waals surface area contributed by atoms with E-state index in [1.165, 1.54) is 57.7 Å². The maximum atomic E-state index is 15.1. The number of halogens is 5. The largest absolute Gasteiger partial charge is 0.396 e. The number of fused-ring (bicyclic) bond motifs is 2. The Morgan fingerprint density at radius 1 is 0.639 bits per heavy atom. The summed E-state index contributed by atoms with van der Waals surface area (Å²) in [5, 5.41) is 24.1. The average molecular weight is 1020 g/mol. The van der Waals surface area contributed by atoms with Crippen LogP contribution in [0.1, 0.15) is 100 Å². The number of carbonyl (C=O) groups is 1. The van der Waals surface area contributed by atoms with Gasteiger partial charge in [0.2, 0.25) is 17.1 Å². The molecular weight excluding hydrogens is 964 g/mol. The third kappa shape index (κ3) is 10.5. The zero-order chi connectivity index (χ0) is 50.4. The number of aryl methyl sites for hydroxylation is 2. The summed E-state index contributed by atoms with van der Waals surface area (Å²) in [6.45, 7) is 3.08. The van der Waals surface area contributed by atoms with Crippen molar-refractivity contribution < 1.29 is 22.4 Å². The molecule has 2 aromatic carbocycles. The number of tetrazole rings is 2. The van der Waals surface area contributed by atoms with Crippen LogP contribution in [-0.4, -0.2) is 119 Å². The molecule has 0 bridgehead atoms.